The van der Waals surface area contributed by atoms with Crippen molar-refractivity contribution >= 4 is 28.8 Å². The molecule has 0 saturated heterocycles. The van der Waals surface area contributed by atoms with Crippen molar-refractivity contribution in [1.29, 1.82) is 0 Å². The third-order valence-electron chi connectivity index (χ3n) is 2.87. The summed E-state index contributed by atoms with van der Waals surface area (Å²) >= 11 is 7.87. The van der Waals surface area contributed by atoms with Gasteiger partial charge in [0.1, 0.15) is 5.38 Å². The van der Waals surface area contributed by atoms with E-state index in [2.05, 4.69) is 18.3 Å². The summed E-state index contributed by atoms with van der Waals surface area (Å²) < 4.78 is 0. The molecule has 2 unspecified atom stereocenters. The van der Waals surface area contributed by atoms with Crippen molar-refractivity contribution in [3.63, 3.8) is 0 Å². The maximum absolute atomic E-state index is 12.1. The summed E-state index contributed by atoms with van der Waals surface area (Å²) in [6.07, 6.45) is 0. The van der Waals surface area contributed by atoms with E-state index < -0.39 is 5.38 Å². The van der Waals surface area contributed by atoms with Crippen molar-refractivity contribution in [2.45, 2.75) is 25.3 Å². The van der Waals surface area contributed by atoms with Crippen LogP contribution in [0, 0.1) is 6.92 Å². The van der Waals surface area contributed by atoms with Crippen LogP contribution in [0.3, 0.4) is 0 Å². The number of benzene rings is 1. The number of thiophene rings is 1. The van der Waals surface area contributed by atoms with Gasteiger partial charge in [0, 0.05) is 9.75 Å². The van der Waals surface area contributed by atoms with Crippen molar-refractivity contribution < 1.29 is 4.79 Å². The van der Waals surface area contributed by atoms with E-state index in [1.54, 1.807) is 11.3 Å². The van der Waals surface area contributed by atoms with Crippen molar-refractivity contribution in [2.75, 3.05) is 0 Å². The number of hydrogen-bond donors (Lipinski definition) is 1. The lowest BCUT2D eigenvalue weighted by molar-refractivity contribution is -0.121. The lowest BCUT2D eigenvalue weighted by atomic mass is 10.1. The molecule has 4 heteroatoms. The fourth-order valence-corrected chi connectivity index (χ4v) is 2.91. The Bertz CT molecular complexity index is 552. The zero-order valence-electron chi connectivity index (χ0n) is 10.9. The minimum absolute atomic E-state index is 0.0174. The maximum Gasteiger partial charge on any atom is 0.243 e. The predicted octanol–water partition coefficient (Wildman–Crippen LogP) is 4.21. The molecule has 1 aromatic heterocycles. The van der Waals surface area contributed by atoms with Gasteiger partial charge in [-0.2, -0.15) is 0 Å². The summed E-state index contributed by atoms with van der Waals surface area (Å²) in [5, 5.41) is 2.30. The SMILES string of the molecule is Cc1ccc(C(C)NC(=O)C(Cl)c2ccccc2)s1. The second kappa shape index (κ2) is 6.22. The van der Waals surface area contributed by atoms with Crippen molar-refractivity contribution in [2.24, 2.45) is 0 Å². The van der Waals surface area contributed by atoms with Crippen LogP contribution in [0.1, 0.15) is 33.7 Å². The van der Waals surface area contributed by atoms with E-state index >= 15 is 0 Å². The molecule has 1 heterocycles. The number of nitrogens with one attached hydrogen (secondary N) is 1. The molecule has 0 radical (unpaired) electrons. The van der Waals surface area contributed by atoms with Gasteiger partial charge in [-0.25, -0.2) is 0 Å². The highest BCUT2D eigenvalue weighted by atomic mass is 35.5. The summed E-state index contributed by atoms with van der Waals surface area (Å²) in [4.78, 5) is 14.5. The number of halogens is 1. The van der Waals surface area contributed by atoms with Gasteiger partial charge in [-0.1, -0.05) is 30.3 Å². The first-order valence-corrected chi connectivity index (χ1v) is 7.39. The fourth-order valence-electron chi connectivity index (χ4n) is 1.82. The van der Waals surface area contributed by atoms with E-state index in [0.29, 0.717) is 0 Å². The molecular weight excluding hydrogens is 278 g/mol. The number of carbonyl (C=O) groups excluding carboxylic acids is 1. The van der Waals surface area contributed by atoms with Gasteiger partial charge < -0.3 is 5.32 Å². The molecule has 100 valence electrons. The number of amides is 1. The molecule has 0 spiro atoms. The van der Waals surface area contributed by atoms with Crippen LogP contribution < -0.4 is 5.32 Å². The number of hydrogen-bond acceptors (Lipinski definition) is 2. The van der Waals surface area contributed by atoms with Gasteiger partial charge in [-0.3, -0.25) is 4.79 Å². The normalized spacial score (nSPS) is 13.8. The Morgan fingerprint density at radius 3 is 2.47 bits per heavy atom. The van der Waals surface area contributed by atoms with Gasteiger partial charge in [-0.15, -0.1) is 22.9 Å². The van der Waals surface area contributed by atoms with Gasteiger partial charge in [0.2, 0.25) is 5.91 Å². The zero-order chi connectivity index (χ0) is 13.8. The monoisotopic (exact) mass is 293 g/mol. The largest absolute Gasteiger partial charge is 0.347 e. The quantitative estimate of drug-likeness (QED) is 0.841. The van der Waals surface area contributed by atoms with E-state index in [9.17, 15) is 4.79 Å². The van der Waals surface area contributed by atoms with E-state index in [1.165, 1.54) is 4.88 Å². The summed E-state index contributed by atoms with van der Waals surface area (Å²) in [5.41, 5.74) is 0.816. The number of alkyl halides is 1. The average molecular weight is 294 g/mol. The van der Waals surface area contributed by atoms with Crippen LogP contribution in [0.5, 0.6) is 0 Å². The lowest BCUT2D eigenvalue weighted by Gasteiger charge is -2.15. The number of carbonyl (C=O) groups is 1. The summed E-state index contributed by atoms with van der Waals surface area (Å²) in [6.45, 7) is 4.02. The molecule has 2 rings (SSSR count). The van der Waals surface area contributed by atoms with Crippen molar-refractivity contribution in [3.05, 3.63) is 57.8 Å². The third-order valence-corrected chi connectivity index (χ3v) is 4.50. The first-order valence-electron chi connectivity index (χ1n) is 6.13. The van der Waals surface area contributed by atoms with Crippen molar-refractivity contribution in [3.8, 4) is 0 Å². The molecule has 1 aromatic carbocycles. The zero-order valence-corrected chi connectivity index (χ0v) is 12.5. The molecule has 1 amide bonds. The van der Waals surface area contributed by atoms with Gasteiger partial charge in [-0.05, 0) is 31.5 Å². The molecule has 0 bridgehead atoms. The number of rotatable bonds is 4. The fraction of sp³-hybridized carbons (Fsp3) is 0.267. The lowest BCUT2D eigenvalue weighted by Crippen LogP contribution is -2.29. The highest BCUT2D eigenvalue weighted by molar-refractivity contribution is 7.12. The Hall–Kier alpha value is -1.32. The van der Waals surface area contributed by atoms with Gasteiger partial charge in [0.25, 0.3) is 0 Å². The topological polar surface area (TPSA) is 29.1 Å². The smallest absolute Gasteiger partial charge is 0.243 e. The van der Waals surface area contributed by atoms with Crippen LogP contribution in [0.2, 0.25) is 0 Å². The standard InChI is InChI=1S/C15H16ClNOS/c1-10-8-9-13(19-10)11(2)17-15(18)14(16)12-6-4-3-5-7-12/h3-9,11,14H,1-2H3,(H,17,18). The van der Waals surface area contributed by atoms with Crippen LogP contribution in [-0.4, -0.2) is 5.91 Å². The molecule has 0 saturated carbocycles. The molecule has 0 fully saturated rings. The van der Waals surface area contributed by atoms with E-state index in [4.69, 9.17) is 11.6 Å². The summed E-state index contributed by atoms with van der Waals surface area (Å²) in [5.74, 6) is -0.161. The Balaban J connectivity index is 2.01. The van der Waals surface area contributed by atoms with Gasteiger partial charge in [0.15, 0.2) is 0 Å². The van der Waals surface area contributed by atoms with Crippen LogP contribution in [0.25, 0.3) is 0 Å². The molecule has 0 aliphatic heterocycles. The molecule has 19 heavy (non-hydrogen) atoms. The van der Waals surface area contributed by atoms with Crippen molar-refractivity contribution in [1.82, 2.24) is 5.32 Å². The minimum Gasteiger partial charge on any atom is -0.347 e. The highest BCUT2D eigenvalue weighted by Crippen LogP contribution is 2.25. The number of aryl methyl sites for hydroxylation is 1. The van der Waals surface area contributed by atoms with Crippen LogP contribution in [0.15, 0.2) is 42.5 Å². The summed E-state index contributed by atoms with van der Waals surface area (Å²) in [6, 6.07) is 13.5. The van der Waals surface area contributed by atoms with Crippen LogP contribution in [0.4, 0.5) is 0 Å². The van der Waals surface area contributed by atoms with Gasteiger partial charge in [0.05, 0.1) is 6.04 Å². The maximum atomic E-state index is 12.1. The van der Waals surface area contributed by atoms with Crippen LogP contribution in [-0.2, 0) is 4.79 Å². The molecule has 2 aromatic rings. The Labute approximate surface area is 122 Å². The Kier molecular flexibility index (Phi) is 4.61. The average Bonchev–Trinajstić information content (AvgIpc) is 2.85. The molecule has 2 atom stereocenters. The Morgan fingerprint density at radius 1 is 1.21 bits per heavy atom. The molecule has 1 N–H and O–H groups in total. The van der Waals surface area contributed by atoms with Gasteiger partial charge >= 0.3 is 0 Å². The molecule has 0 aliphatic rings. The molecule has 0 aliphatic carbocycles. The highest BCUT2D eigenvalue weighted by Gasteiger charge is 2.20. The third kappa shape index (κ3) is 3.58. The Morgan fingerprint density at radius 2 is 1.89 bits per heavy atom. The molecule has 2 nitrogen and oxygen atoms in total. The molecular formula is C15H16ClNOS. The first kappa shape index (κ1) is 14.1. The van der Waals surface area contributed by atoms with Crippen LogP contribution >= 0.6 is 22.9 Å². The summed E-state index contributed by atoms with van der Waals surface area (Å²) in [7, 11) is 0. The first-order chi connectivity index (χ1) is 9.08. The second-order valence-corrected chi connectivity index (χ2v) is 6.21. The van der Waals surface area contributed by atoms with E-state index in [1.807, 2.05) is 43.3 Å². The minimum atomic E-state index is -0.648. The van der Waals surface area contributed by atoms with E-state index in [0.717, 1.165) is 10.4 Å². The predicted molar refractivity (Wildman–Crippen MR) is 80.6 cm³/mol. The van der Waals surface area contributed by atoms with E-state index in [-0.39, 0.29) is 11.9 Å². The second-order valence-electron chi connectivity index (χ2n) is 4.45.